The van der Waals surface area contributed by atoms with Crippen LogP contribution in [0.1, 0.15) is 38.5 Å². The molecule has 19 heavy (non-hydrogen) atoms. The van der Waals surface area contributed by atoms with Gasteiger partial charge < -0.3 is 5.73 Å². The summed E-state index contributed by atoms with van der Waals surface area (Å²) in [5, 5.41) is 0. The number of hydrogen-bond acceptors (Lipinski definition) is 4. The van der Waals surface area contributed by atoms with Crippen molar-refractivity contribution < 1.29 is 8.42 Å². The summed E-state index contributed by atoms with van der Waals surface area (Å²) in [6.07, 6.45) is 8.88. The Morgan fingerprint density at radius 1 is 1.26 bits per heavy atom. The average molecular weight is 283 g/mol. The van der Waals surface area contributed by atoms with Crippen molar-refractivity contribution in [3.8, 4) is 0 Å². The Balaban J connectivity index is 2.22. The Hall–Kier alpha value is -0.980. The van der Waals surface area contributed by atoms with Gasteiger partial charge in [-0.25, -0.2) is 13.1 Å². The van der Waals surface area contributed by atoms with Gasteiger partial charge in [0.25, 0.3) is 0 Å². The predicted octanol–water partition coefficient (Wildman–Crippen LogP) is 1.41. The summed E-state index contributed by atoms with van der Waals surface area (Å²) < 4.78 is 27.6. The van der Waals surface area contributed by atoms with Gasteiger partial charge in [0.1, 0.15) is 4.90 Å². The number of rotatable bonds is 4. The van der Waals surface area contributed by atoms with E-state index in [-0.39, 0.29) is 4.90 Å². The molecule has 1 aliphatic carbocycles. The first-order chi connectivity index (χ1) is 9.08. The maximum Gasteiger partial charge on any atom is 0.242 e. The molecule has 0 aromatic carbocycles. The van der Waals surface area contributed by atoms with Crippen molar-refractivity contribution in [1.82, 2.24) is 9.71 Å². The van der Waals surface area contributed by atoms with E-state index in [1.807, 2.05) is 0 Å². The highest BCUT2D eigenvalue weighted by atomic mass is 32.2. The predicted molar refractivity (Wildman–Crippen MR) is 74.0 cm³/mol. The van der Waals surface area contributed by atoms with E-state index < -0.39 is 15.6 Å². The summed E-state index contributed by atoms with van der Waals surface area (Å²) >= 11 is 0. The molecule has 0 atom stereocenters. The van der Waals surface area contributed by atoms with Gasteiger partial charge in [0.15, 0.2) is 0 Å². The lowest BCUT2D eigenvalue weighted by atomic mass is 9.92. The molecule has 2 rings (SSSR count). The summed E-state index contributed by atoms with van der Waals surface area (Å²) in [5.41, 5.74) is 5.36. The molecule has 6 heteroatoms. The van der Waals surface area contributed by atoms with Crippen LogP contribution in [0.25, 0.3) is 0 Å². The quantitative estimate of drug-likeness (QED) is 0.818. The van der Waals surface area contributed by atoms with Gasteiger partial charge in [-0.1, -0.05) is 25.7 Å². The van der Waals surface area contributed by atoms with Gasteiger partial charge in [-0.15, -0.1) is 0 Å². The van der Waals surface area contributed by atoms with Crippen molar-refractivity contribution in [2.75, 3.05) is 6.54 Å². The molecular weight excluding hydrogens is 262 g/mol. The third-order valence-electron chi connectivity index (χ3n) is 3.75. The van der Waals surface area contributed by atoms with E-state index in [0.717, 1.165) is 38.5 Å². The van der Waals surface area contributed by atoms with Crippen molar-refractivity contribution in [2.24, 2.45) is 5.73 Å². The lowest BCUT2D eigenvalue weighted by Gasteiger charge is -2.32. The molecule has 1 heterocycles. The lowest BCUT2D eigenvalue weighted by molar-refractivity contribution is 0.342. The molecule has 0 unspecified atom stereocenters. The van der Waals surface area contributed by atoms with Crippen LogP contribution in [0.3, 0.4) is 0 Å². The van der Waals surface area contributed by atoms with E-state index in [1.165, 1.54) is 6.20 Å². The van der Waals surface area contributed by atoms with Gasteiger partial charge in [0.2, 0.25) is 10.0 Å². The summed E-state index contributed by atoms with van der Waals surface area (Å²) in [6.45, 7) is 0.340. The highest BCUT2D eigenvalue weighted by molar-refractivity contribution is 7.89. The first-order valence-electron chi connectivity index (χ1n) is 6.72. The van der Waals surface area contributed by atoms with E-state index in [1.54, 1.807) is 18.3 Å². The van der Waals surface area contributed by atoms with Crippen LogP contribution in [0.15, 0.2) is 29.4 Å². The van der Waals surface area contributed by atoms with E-state index in [4.69, 9.17) is 5.73 Å². The fourth-order valence-electron chi connectivity index (χ4n) is 2.60. The monoisotopic (exact) mass is 283 g/mol. The number of nitrogens with one attached hydrogen (secondary N) is 1. The molecule has 1 fully saturated rings. The van der Waals surface area contributed by atoms with Crippen LogP contribution in [0.2, 0.25) is 0 Å². The Morgan fingerprint density at radius 2 is 1.95 bits per heavy atom. The van der Waals surface area contributed by atoms with Crippen molar-refractivity contribution in [3.05, 3.63) is 24.5 Å². The molecule has 0 saturated heterocycles. The Morgan fingerprint density at radius 3 is 2.47 bits per heavy atom. The number of pyridine rings is 1. The van der Waals surface area contributed by atoms with Gasteiger partial charge in [-0.05, 0) is 25.0 Å². The van der Waals surface area contributed by atoms with Gasteiger partial charge in [0, 0.05) is 24.5 Å². The summed E-state index contributed by atoms with van der Waals surface area (Å²) in [4.78, 5) is 4.06. The molecule has 5 nitrogen and oxygen atoms in total. The second-order valence-corrected chi connectivity index (χ2v) is 6.88. The molecule has 1 aromatic rings. The van der Waals surface area contributed by atoms with Crippen molar-refractivity contribution >= 4 is 10.0 Å². The molecule has 0 spiro atoms. The van der Waals surface area contributed by atoms with Gasteiger partial charge in [0.05, 0.1) is 0 Å². The van der Waals surface area contributed by atoms with Crippen LogP contribution in [0, 0.1) is 0 Å². The molecule has 1 aromatic heterocycles. The van der Waals surface area contributed by atoms with Crippen LogP contribution >= 0.6 is 0 Å². The van der Waals surface area contributed by atoms with Crippen LogP contribution in [-0.2, 0) is 10.0 Å². The van der Waals surface area contributed by atoms with Crippen molar-refractivity contribution in [1.29, 1.82) is 0 Å². The maximum atomic E-state index is 12.4. The number of aromatic nitrogens is 1. The Bertz CT molecular complexity index is 494. The summed E-state index contributed by atoms with van der Waals surface area (Å²) in [6, 6.07) is 3.17. The van der Waals surface area contributed by atoms with Crippen molar-refractivity contribution in [2.45, 2.75) is 49.0 Å². The van der Waals surface area contributed by atoms with Gasteiger partial charge in [-0.3, -0.25) is 4.98 Å². The van der Waals surface area contributed by atoms with Crippen molar-refractivity contribution in [3.63, 3.8) is 0 Å². The van der Waals surface area contributed by atoms with Crippen LogP contribution < -0.4 is 10.5 Å². The minimum atomic E-state index is -3.54. The summed E-state index contributed by atoms with van der Waals surface area (Å²) in [5.74, 6) is 0. The summed E-state index contributed by atoms with van der Waals surface area (Å²) in [7, 11) is -3.54. The lowest BCUT2D eigenvalue weighted by Crippen LogP contribution is -2.53. The minimum absolute atomic E-state index is 0.201. The molecule has 0 radical (unpaired) electrons. The number of hydrogen-bond donors (Lipinski definition) is 2. The van der Waals surface area contributed by atoms with E-state index >= 15 is 0 Å². The standard InChI is InChI=1S/C13H21N3O2S/c14-11-13(7-3-1-2-4-8-13)16-19(17,18)12-6-5-9-15-10-12/h5-6,9-10,16H,1-4,7-8,11,14H2. The normalized spacial score (nSPS) is 19.8. The van der Waals surface area contributed by atoms with E-state index in [9.17, 15) is 8.42 Å². The number of sulfonamides is 1. The first kappa shape index (κ1) is 14.4. The molecule has 0 aliphatic heterocycles. The average Bonchev–Trinajstić information content (AvgIpc) is 2.65. The van der Waals surface area contributed by atoms with E-state index in [2.05, 4.69) is 9.71 Å². The van der Waals surface area contributed by atoms with Gasteiger partial charge >= 0.3 is 0 Å². The zero-order valence-electron chi connectivity index (χ0n) is 11.0. The highest BCUT2D eigenvalue weighted by Gasteiger charge is 2.34. The topological polar surface area (TPSA) is 85.1 Å². The number of nitrogens with zero attached hydrogens (tertiary/aromatic N) is 1. The first-order valence-corrected chi connectivity index (χ1v) is 8.20. The molecule has 106 valence electrons. The third kappa shape index (κ3) is 3.52. The molecule has 0 amide bonds. The zero-order chi connectivity index (χ0) is 13.8. The Labute approximate surface area is 114 Å². The third-order valence-corrected chi connectivity index (χ3v) is 5.31. The van der Waals surface area contributed by atoms with Crippen LogP contribution in [-0.4, -0.2) is 25.5 Å². The van der Waals surface area contributed by atoms with E-state index in [0.29, 0.717) is 6.54 Å². The fraction of sp³-hybridized carbons (Fsp3) is 0.615. The maximum absolute atomic E-state index is 12.4. The largest absolute Gasteiger partial charge is 0.329 e. The van der Waals surface area contributed by atoms with Crippen LogP contribution in [0.4, 0.5) is 0 Å². The fourth-order valence-corrected chi connectivity index (χ4v) is 4.04. The second-order valence-electron chi connectivity index (χ2n) is 5.19. The molecular formula is C13H21N3O2S. The molecule has 0 bridgehead atoms. The van der Waals surface area contributed by atoms with Crippen LogP contribution in [0.5, 0.6) is 0 Å². The molecule has 3 N–H and O–H groups in total. The zero-order valence-corrected chi connectivity index (χ0v) is 11.8. The Kier molecular flexibility index (Phi) is 4.54. The molecule has 1 saturated carbocycles. The highest BCUT2D eigenvalue weighted by Crippen LogP contribution is 2.28. The second kappa shape index (κ2) is 5.98. The number of nitrogens with two attached hydrogens (primary N) is 1. The van der Waals surface area contributed by atoms with Gasteiger partial charge in [-0.2, -0.15) is 0 Å². The molecule has 1 aliphatic rings. The minimum Gasteiger partial charge on any atom is -0.329 e. The smallest absolute Gasteiger partial charge is 0.242 e. The SMILES string of the molecule is NCC1(NS(=O)(=O)c2cccnc2)CCCCCC1.